The van der Waals surface area contributed by atoms with Gasteiger partial charge in [-0.15, -0.1) is 0 Å². The lowest BCUT2D eigenvalue weighted by molar-refractivity contribution is -0.134. The lowest BCUT2D eigenvalue weighted by atomic mass is 9.90. The largest absolute Gasteiger partial charge is 0.367 e. The third-order valence-electron chi connectivity index (χ3n) is 7.45. The number of nitrogens with zero attached hydrogens (tertiary/aromatic N) is 4. The molecule has 2 aromatic rings. The van der Waals surface area contributed by atoms with Crippen LogP contribution in [0.15, 0.2) is 83.0 Å². The molecule has 36 heavy (non-hydrogen) atoms. The summed E-state index contributed by atoms with van der Waals surface area (Å²) in [6.45, 7) is 2.16. The molecule has 1 unspecified atom stereocenters. The zero-order chi connectivity index (χ0) is 25.1. The van der Waals surface area contributed by atoms with Crippen LogP contribution in [0.3, 0.4) is 0 Å². The summed E-state index contributed by atoms with van der Waals surface area (Å²) in [5.74, 6) is 2.63. The Morgan fingerprint density at radius 2 is 2.08 bits per heavy atom. The molecule has 0 bridgehead atoms. The number of hydrogen-bond acceptors (Lipinski definition) is 6. The zero-order valence-corrected chi connectivity index (χ0v) is 21.0. The molecule has 2 N–H and O–H groups in total. The predicted octanol–water partition coefficient (Wildman–Crippen LogP) is 2.89. The molecule has 2 fully saturated rings. The van der Waals surface area contributed by atoms with E-state index in [9.17, 15) is 4.79 Å². The molecule has 0 radical (unpaired) electrons. The van der Waals surface area contributed by atoms with Crippen molar-refractivity contribution in [3.8, 4) is 0 Å². The average Bonchev–Trinajstić information content (AvgIpc) is 3.74. The molecule has 8 heteroatoms. The Balaban J connectivity index is 1.32. The Labute approximate surface area is 213 Å². The number of rotatable bonds is 7. The number of aliphatic imine (C=N–C) groups is 1. The van der Waals surface area contributed by atoms with Crippen LogP contribution in [0.1, 0.15) is 36.3 Å². The molecule has 5 rings (SSSR count). The van der Waals surface area contributed by atoms with Gasteiger partial charge in [0, 0.05) is 63.2 Å². The summed E-state index contributed by atoms with van der Waals surface area (Å²) in [5, 5.41) is 11.3. The summed E-state index contributed by atoms with van der Waals surface area (Å²) in [6.07, 6.45) is 10.0. The Hall–Kier alpha value is -3.68. The molecule has 3 atom stereocenters. The minimum absolute atomic E-state index is 0.105. The van der Waals surface area contributed by atoms with Crippen LogP contribution in [0.4, 0.5) is 0 Å². The summed E-state index contributed by atoms with van der Waals surface area (Å²) >= 11 is 0. The molecular formula is C28H33BN6O. The van der Waals surface area contributed by atoms with Crippen LogP contribution >= 0.6 is 0 Å². The van der Waals surface area contributed by atoms with Crippen LogP contribution in [-0.4, -0.2) is 60.6 Å². The Morgan fingerprint density at radius 3 is 2.83 bits per heavy atom. The molecule has 1 amide bonds. The normalized spacial score (nSPS) is 25.0. The minimum atomic E-state index is 0.105. The number of pyridine rings is 1. The third-order valence-corrected chi connectivity index (χ3v) is 7.45. The van der Waals surface area contributed by atoms with Gasteiger partial charge in [-0.1, -0.05) is 36.4 Å². The van der Waals surface area contributed by atoms with Gasteiger partial charge in [-0.05, 0) is 47.8 Å². The maximum atomic E-state index is 13.4. The Bertz CT molecular complexity index is 1210. The molecule has 184 valence electrons. The van der Waals surface area contributed by atoms with E-state index < -0.39 is 0 Å². The van der Waals surface area contributed by atoms with E-state index in [2.05, 4.69) is 45.5 Å². The van der Waals surface area contributed by atoms with Crippen LogP contribution in [-0.2, 0) is 11.3 Å². The van der Waals surface area contributed by atoms with Crippen LogP contribution in [0.25, 0.3) is 0 Å². The van der Waals surface area contributed by atoms with E-state index in [1.54, 1.807) is 6.20 Å². The fourth-order valence-corrected chi connectivity index (χ4v) is 5.26. The van der Waals surface area contributed by atoms with Crippen LogP contribution in [0.5, 0.6) is 0 Å². The number of likely N-dealkylation sites (tertiary alicyclic amines) is 1. The molecule has 1 aromatic carbocycles. The summed E-state index contributed by atoms with van der Waals surface area (Å²) in [4.78, 5) is 26.6. The first kappa shape index (κ1) is 24.0. The predicted molar refractivity (Wildman–Crippen MR) is 145 cm³/mol. The summed E-state index contributed by atoms with van der Waals surface area (Å²) < 4.78 is 0. The second-order valence-electron chi connectivity index (χ2n) is 9.97. The van der Waals surface area contributed by atoms with Gasteiger partial charge in [0.15, 0.2) is 0 Å². The molecular weight excluding hydrogens is 447 g/mol. The van der Waals surface area contributed by atoms with Crippen molar-refractivity contribution in [3.63, 3.8) is 0 Å². The maximum Gasteiger partial charge on any atom is 0.226 e. The highest BCUT2D eigenvalue weighted by molar-refractivity contribution is 6.33. The van der Waals surface area contributed by atoms with Gasteiger partial charge in [0.25, 0.3) is 0 Å². The van der Waals surface area contributed by atoms with Crippen molar-refractivity contribution < 1.29 is 4.79 Å². The summed E-state index contributed by atoms with van der Waals surface area (Å²) in [6, 6.07) is 14.4. The number of nitrogens with one attached hydrogen (secondary N) is 2. The van der Waals surface area contributed by atoms with Crippen molar-refractivity contribution in [2.75, 3.05) is 20.1 Å². The van der Waals surface area contributed by atoms with Gasteiger partial charge in [0.05, 0.1) is 5.71 Å². The van der Waals surface area contributed by atoms with E-state index >= 15 is 0 Å². The van der Waals surface area contributed by atoms with Crippen LogP contribution in [0.2, 0.25) is 0 Å². The van der Waals surface area contributed by atoms with E-state index in [-0.39, 0.29) is 17.7 Å². The number of benzene rings is 1. The third kappa shape index (κ3) is 5.13. The van der Waals surface area contributed by atoms with E-state index in [1.807, 2.05) is 44.2 Å². The first-order valence-corrected chi connectivity index (χ1v) is 12.8. The number of allylic oxidation sites excluding steroid dienone is 2. The highest BCUT2D eigenvalue weighted by Crippen LogP contribution is 2.48. The number of carbonyl (C=O) groups is 1. The van der Waals surface area contributed by atoms with Gasteiger partial charge < -0.3 is 20.5 Å². The van der Waals surface area contributed by atoms with Gasteiger partial charge in [0.2, 0.25) is 5.91 Å². The van der Waals surface area contributed by atoms with Crippen molar-refractivity contribution in [1.29, 1.82) is 5.41 Å². The molecule has 0 spiro atoms. The van der Waals surface area contributed by atoms with Crippen molar-refractivity contribution in [2.24, 2.45) is 16.8 Å². The van der Waals surface area contributed by atoms with Crippen molar-refractivity contribution >= 4 is 25.7 Å². The van der Waals surface area contributed by atoms with Gasteiger partial charge in [-0.3, -0.25) is 9.78 Å². The molecule has 3 heterocycles. The molecule has 7 nitrogen and oxygen atoms in total. The number of piperidine rings is 1. The fraction of sp³-hybridized carbons (Fsp3) is 0.357. The molecule has 1 aliphatic carbocycles. The monoisotopic (exact) mass is 480 g/mol. The standard InChI is InChI=1S/C28H33BN6O/c1-34-26(32-17-19-7-5-11-31-16-19)14-25(33-27(34)24(29)15-30)21-10-6-12-35(18-21)28(36)23-13-22(23)20-8-3-2-4-9-20/h2-5,7-9,11,14-16,21-23,30,32H,6,10,12-13,17-18,29H2,1H3/b27-24+,30-15?/t21?,22-,23+/m0/s1. The molecule has 1 saturated carbocycles. The first-order valence-electron chi connectivity index (χ1n) is 12.8. The number of carbonyl (C=O) groups excluding carboxylic acids is 1. The van der Waals surface area contributed by atoms with Gasteiger partial charge in [-0.25, -0.2) is 4.99 Å². The van der Waals surface area contributed by atoms with E-state index in [1.165, 1.54) is 11.8 Å². The van der Waals surface area contributed by atoms with E-state index in [0.717, 1.165) is 54.2 Å². The second-order valence-corrected chi connectivity index (χ2v) is 9.97. The van der Waals surface area contributed by atoms with Crippen LogP contribution < -0.4 is 5.32 Å². The van der Waals surface area contributed by atoms with Crippen molar-refractivity contribution in [1.82, 2.24) is 20.1 Å². The van der Waals surface area contributed by atoms with E-state index in [4.69, 9.17) is 10.4 Å². The maximum absolute atomic E-state index is 13.4. The van der Waals surface area contributed by atoms with Gasteiger partial charge in [-0.2, -0.15) is 0 Å². The Kier molecular flexibility index (Phi) is 7.03. The lowest BCUT2D eigenvalue weighted by Crippen LogP contribution is -2.44. The van der Waals surface area contributed by atoms with Crippen molar-refractivity contribution in [3.05, 3.63) is 89.2 Å². The second kappa shape index (κ2) is 10.5. The quantitative estimate of drug-likeness (QED) is 0.472. The first-order chi connectivity index (χ1) is 17.5. The smallest absolute Gasteiger partial charge is 0.226 e. The highest BCUT2D eigenvalue weighted by atomic mass is 16.2. The molecule has 1 saturated heterocycles. The molecule has 3 aliphatic rings. The Morgan fingerprint density at radius 1 is 1.25 bits per heavy atom. The molecule has 2 aliphatic heterocycles. The fourth-order valence-electron chi connectivity index (χ4n) is 5.26. The summed E-state index contributed by atoms with van der Waals surface area (Å²) in [7, 11) is 3.88. The number of aromatic nitrogens is 1. The van der Waals surface area contributed by atoms with E-state index in [0.29, 0.717) is 19.0 Å². The van der Waals surface area contributed by atoms with Crippen LogP contribution in [0, 0.1) is 17.2 Å². The minimum Gasteiger partial charge on any atom is -0.367 e. The topological polar surface area (TPSA) is 84.7 Å². The SMILES string of the molecule is B/C(C=N)=C1\N=C(C2CCCN(C(=O)[C@@H]3C[C@H]3c3ccccc3)C2)C=C(NCc2cccnc2)N1C. The highest BCUT2D eigenvalue weighted by Gasteiger charge is 2.46. The zero-order valence-electron chi connectivity index (χ0n) is 21.0. The van der Waals surface area contributed by atoms with Gasteiger partial charge in [0.1, 0.15) is 19.5 Å². The number of amides is 1. The summed E-state index contributed by atoms with van der Waals surface area (Å²) in [5.41, 5.74) is 4.15. The van der Waals surface area contributed by atoms with Crippen molar-refractivity contribution in [2.45, 2.75) is 31.7 Å². The average molecular weight is 480 g/mol. The van der Waals surface area contributed by atoms with Gasteiger partial charge >= 0.3 is 0 Å². The lowest BCUT2D eigenvalue weighted by Gasteiger charge is -2.36. The molecule has 1 aromatic heterocycles. The number of hydrogen-bond donors (Lipinski definition) is 2.